The number of anilines is 2. The molecule has 1 aliphatic carbocycles. The fraction of sp³-hybridized carbons (Fsp3) is 0.115. The Kier molecular flexibility index (Phi) is 7.93. The molecule has 0 fully saturated rings. The largest absolute Gasteiger partial charge is 0.506 e. The lowest BCUT2D eigenvalue weighted by molar-refractivity contribution is -0.0341. The van der Waals surface area contributed by atoms with Gasteiger partial charge in [0.05, 0.1) is 10.6 Å². The third-order valence-electron chi connectivity index (χ3n) is 5.51. The second-order valence-electron chi connectivity index (χ2n) is 8.37. The Morgan fingerprint density at radius 2 is 1.69 bits per heavy atom. The molecule has 4 rings (SSSR count). The summed E-state index contributed by atoms with van der Waals surface area (Å²) in [6.07, 6.45) is 4.20. The number of aromatic hydroxyl groups is 1. The fourth-order valence-electron chi connectivity index (χ4n) is 3.73. The first kappa shape index (κ1) is 28.0. The summed E-state index contributed by atoms with van der Waals surface area (Å²) in [5.74, 6) is -1.13. The van der Waals surface area contributed by atoms with E-state index in [0.29, 0.717) is 5.57 Å². The summed E-state index contributed by atoms with van der Waals surface area (Å²) in [6.45, 7) is 0. The molecule has 1 atom stereocenters. The minimum Gasteiger partial charge on any atom is -0.506 e. The number of thioether (sulfide) groups is 1. The number of rotatable bonds is 7. The van der Waals surface area contributed by atoms with Gasteiger partial charge in [-0.25, -0.2) is 17.6 Å². The van der Waals surface area contributed by atoms with Gasteiger partial charge in [0.15, 0.2) is 0 Å². The van der Waals surface area contributed by atoms with Crippen molar-refractivity contribution in [3.05, 3.63) is 102 Å². The van der Waals surface area contributed by atoms with Crippen LogP contribution < -0.4 is 15.4 Å². The van der Waals surface area contributed by atoms with Crippen molar-refractivity contribution in [2.75, 3.05) is 10.0 Å². The molecule has 13 heteroatoms. The van der Waals surface area contributed by atoms with E-state index in [2.05, 4.69) is 15.4 Å². The Labute approximate surface area is 225 Å². The van der Waals surface area contributed by atoms with Crippen molar-refractivity contribution in [2.24, 2.45) is 0 Å². The predicted octanol–water partition coefficient (Wildman–Crippen LogP) is 6.45. The first-order valence-corrected chi connectivity index (χ1v) is 13.6. The molecule has 0 heterocycles. The van der Waals surface area contributed by atoms with Gasteiger partial charge >= 0.3 is 11.5 Å². The lowest BCUT2D eigenvalue weighted by Crippen LogP contribution is -2.48. The van der Waals surface area contributed by atoms with E-state index in [9.17, 15) is 35.9 Å². The maximum absolute atomic E-state index is 13.4. The van der Waals surface area contributed by atoms with E-state index < -0.39 is 38.0 Å². The van der Waals surface area contributed by atoms with Gasteiger partial charge in [-0.1, -0.05) is 42.5 Å². The molecule has 0 saturated heterocycles. The van der Waals surface area contributed by atoms with E-state index in [0.717, 1.165) is 42.0 Å². The number of alkyl halides is 3. The van der Waals surface area contributed by atoms with Gasteiger partial charge in [-0.05, 0) is 71.4 Å². The van der Waals surface area contributed by atoms with Crippen LogP contribution in [0.15, 0.2) is 95.9 Å². The van der Waals surface area contributed by atoms with Crippen LogP contribution in [0.4, 0.5) is 33.7 Å². The van der Waals surface area contributed by atoms with E-state index in [1.54, 1.807) is 18.2 Å². The molecule has 204 valence electrons. The molecule has 39 heavy (non-hydrogen) atoms. The average molecular weight is 580 g/mol. The number of sulfonamides is 1. The number of phenolic OH excluding ortho intramolecular Hbond substituents is 1. The number of amides is 2. The van der Waals surface area contributed by atoms with Gasteiger partial charge in [-0.15, -0.1) is 0 Å². The van der Waals surface area contributed by atoms with Crippen molar-refractivity contribution in [1.29, 1.82) is 0 Å². The van der Waals surface area contributed by atoms with Crippen molar-refractivity contribution < 1.29 is 35.9 Å². The van der Waals surface area contributed by atoms with Crippen LogP contribution in [-0.4, -0.2) is 29.9 Å². The maximum atomic E-state index is 13.4. The molecule has 0 aliphatic heterocycles. The molecule has 0 aromatic heterocycles. The van der Waals surface area contributed by atoms with Gasteiger partial charge < -0.3 is 15.7 Å². The van der Waals surface area contributed by atoms with Gasteiger partial charge in [-0.2, -0.15) is 13.2 Å². The van der Waals surface area contributed by atoms with Gasteiger partial charge in [-0.3, -0.25) is 4.72 Å². The zero-order valence-corrected chi connectivity index (χ0v) is 21.5. The van der Waals surface area contributed by atoms with E-state index in [1.807, 2.05) is 18.2 Å². The van der Waals surface area contributed by atoms with Gasteiger partial charge in [0.1, 0.15) is 16.4 Å². The number of hydrogen-bond donors (Lipinski definition) is 4. The van der Waals surface area contributed by atoms with Crippen molar-refractivity contribution in [1.82, 2.24) is 5.32 Å². The molecule has 4 N–H and O–H groups in total. The normalized spacial score (nSPS) is 17.3. The van der Waals surface area contributed by atoms with E-state index in [4.69, 9.17) is 0 Å². The highest BCUT2D eigenvalue weighted by molar-refractivity contribution is 8.01. The number of phenols is 1. The van der Waals surface area contributed by atoms with Crippen LogP contribution in [0.3, 0.4) is 0 Å². The number of urea groups is 1. The first-order valence-electron chi connectivity index (χ1n) is 11.3. The zero-order valence-electron chi connectivity index (χ0n) is 19.9. The third-order valence-corrected chi connectivity index (χ3v) is 7.89. The van der Waals surface area contributed by atoms with E-state index in [-0.39, 0.29) is 34.5 Å². The predicted molar refractivity (Wildman–Crippen MR) is 142 cm³/mol. The molecule has 0 spiro atoms. The highest BCUT2D eigenvalue weighted by Gasteiger charge is 2.43. The van der Waals surface area contributed by atoms with Gasteiger partial charge in [0.2, 0.25) is 0 Å². The number of benzene rings is 3. The quantitative estimate of drug-likeness (QED) is 0.111. The van der Waals surface area contributed by atoms with Gasteiger partial charge in [0.25, 0.3) is 10.0 Å². The highest BCUT2D eigenvalue weighted by Crippen LogP contribution is 2.44. The summed E-state index contributed by atoms with van der Waals surface area (Å²) in [4.78, 5) is 10.6. The zero-order chi connectivity index (χ0) is 28.3. The molecular formula is C26H21F4N3O4S2. The number of nitrogens with one attached hydrogen (secondary N) is 3. The second kappa shape index (κ2) is 11.0. The second-order valence-corrected chi connectivity index (χ2v) is 11.4. The molecule has 3 aromatic rings. The Morgan fingerprint density at radius 3 is 2.31 bits per heavy atom. The third kappa shape index (κ3) is 7.33. The maximum Gasteiger partial charge on any atom is 0.444 e. The minimum atomic E-state index is -4.67. The molecule has 0 bridgehead atoms. The van der Waals surface area contributed by atoms with Crippen LogP contribution >= 0.6 is 11.8 Å². The number of halogens is 4. The lowest BCUT2D eigenvalue weighted by atomic mass is 9.97. The Morgan fingerprint density at radius 1 is 1.00 bits per heavy atom. The van der Waals surface area contributed by atoms with Crippen molar-refractivity contribution in [3.63, 3.8) is 0 Å². The van der Waals surface area contributed by atoms with Crippen LogP contribution in [0, 0.1) is 5.82 Å². The molecule has 7 nitrogen and oxygen atoms in total. The van der Waals surface area contributed by atoms with Crippen LogP contribution in [-0.2, 0) is 10.0 Å². The Bertz CT molecular complexity index is 1530. The number of hydrogen-bond acceptors (Lipinski definition) is 5. The molecule has 1 unspecified atom stereocenters. The van der Waals surface area contributed by atoms with Crippen LogP contribution in [0.5, 0.6) is 5.75 Å². The van der Waals surface area contributed by atoms with Crippen LogP contribution in [0.1, 0.15) is 12.0 Å². The van der Waals surface area contributed by atoms with Crippen molar-refractivity contribution in [2.45, 2.75) is 21.7 Å². The molecule has 0 saturated carbocycles. The molecule has 0 radical (unpaired) electrons. The van der Waals surface area contributed by atoms with Crippen LogP contribution in [0.2, 0.25) is 0 Å². The van der Waals surface area contributed by atoms with E-state index >= 15 is 0 Å². The summed E-state index contributed by atoms with van der Waals surface area (Å²) in [6, 6.07) is 15.4. The highest BCUT2D eigenvalue weighted by atomic mass is 32.2. The summed E-state index contributed by atoms with van der Waals surface area (Å²) < 4.78 is 80.7. The number of carbonyl (C=O) groups excluding carboxylic acids is 1. The molecule has 1 aliphatic rings. The topological polar surface area (TPSA) is 108 Å². The summed E-state index contributed by atoms with van der Waals surface area (Å²) in [5.41, 5.74) is -3.49. The Hall–Kier alpha value is -3.97. The SMILES string of the molecule is O=C(Nc1ccc(O)c(NS(=O)(=O)c2ccc(F)cc2)c1)NC1(SC(F)(F)F)C=CC(c2ccccc2)=CC1. The van der Waals surface area contributed by atoms with E-state index in [1.165, 1.54) is 18.2 Å². The summed E-state index contributed by atoms with van der Waals surface area (Å²) in [5, 5.41) is 14.8. The number of allylic oxidation sites excluding steroid dienone is 2. The fourth-order valence-corrected chi connectivity index (χ4v) is 5.66. The van der Waals surface area contributed by atoms with Crippen LogP contribution in [0.25, 0.3) is 5.57 Å². The molecular weight excluding hydrogens is 558 g/mol. The summed E-state index contributed by atoms with van der Waals surface area (Å²) in [7, 11) is -4.23. The number of carbonyl (C=O) groups is 1. The monoisotopic (exact) mass is 579 g/mol. The minimum absolute atomic E-state index is 0.0189. The molecule has 2 amide bonds. The molecule has 3 aromatic carbocycles. The smallest absolute Gasteiger partial charge is 0.444 e. The first-order chi connectivity index (χ1) is 18.3. The lowest BCUT2D eigenvalue weighted by Gasteiger charge is -2.33. The van der Waals surface area contributed by atoms with Crippen molar-refractivity contribution >= 4 is 44.8 Å². The summed E-state index contributed by atoms with van der Waals surface area (Å²) >= 11 is -0.388. The van der Waals surface area contributed by atoms with Gasteiger partial charge in [0, 0.05) is 12.1 Å². The standard InChI is InChI=1S/C26H21F4N3O4S2/c27-19-6-9-21(10-7-19)39(36,37)33-22-16-20(8-11-23(22)34)31-24(35)32-25(38-26(28,29)30)14-12-18(13-15-25)17-4-2-1-3-5-17/h1-14,16,33-34H,15H2,(H2,31,32,35). The average Bonchev–Trinajstić information content (AvgIpc) is 2.86. The Balaban J connectivity index is 1.50. The van der Waals surface area contributed by atoms with Crippen molar-refractivity contribution in [3.8, 4) is 5.75 Å².